The Bertz CT molecular complexity index is 576. The van der Waals surface area contributed by atoms with Crippen molar-refractivity contribution in [1.29, 1.82) is 0 Å². The molecule has 0 bridgehead atoms. The molecular formula is C17H21NO. The molecule has 0 aliphatic rings. The highest BCUT2D eigenvalue weighted by atomic mass is 16.5. The van der Waals surface area contributed by atoms with E-state index in [0.29, 0.717) is 0 Å². The van der Waals surface area contributed by atoms with E-state index in [1.165, 1.54) is 10.9 Å². The van der Waals surface area contributed by atoms with Crippen molar-refractivity contribution < 1.29 is 4.74 Å². The van der Waals surface area contributed by atoms with Crippen LogP contribution in [-0.4, -0.2) is 13.2 Å². The Labute approximate surface area is 115 Å². The van der Waals surface area contributed by atoms with Crippen LogP contribution in [0, 0.1) is 0 Å². The summed E-state index contributed by atoms with van der Waals surface area (Å²) in [6, 6.07) is 12.8. The van der Waals surface area contributed by atoms with E-state index in [4.69, 9.17) is 4.74 Å². The van der Waals surface area contributed by atoms with E-state index in [1.54, 1.807) is 0 Å². The first-order valence-corrected chi connectivity index (χ1v) is 6.65. The molecule has 0 aliphatic carbocycles. The number of fused-ring (bicyclic) bond motifs is 1. The minimum absolute atomic E-state index is 0.00591. The summed E-state index contributed by atoms with van der Waals surface area (Å²) < 4.78 is 6.07. The molecule has 2 atom stereocenters. The summed E-state index contributed by atoms with van der Waals surface area (Å²) >= 11 is 0. The summed E-state index contributed by atoms with van der Waals surface area (Å²) in [4.78, 5) is 0. The van der Waals surface area contributed by atoms with Gasteiger partial charge in [-0.25, -0.2) is 0 Å². The maximum atomic E-state index is 6.07. The summed E-state index contributed by atoms with van der Waals surface area (Å²) in [7, 11) is 1.96. The van der Waals surface area contributed by atoms with Crippen molar-refractivity contribution in [3.8, 4) is 5.75 Å². The molecular weight excluding hydrogens is 234 g/mol. The monoisotopic (exact) mass is 255 g/mol. The molecule has 2 nitrogen and oxygen atoms in total. The van der Waals surface area contributed by atoms with Crippen LogP contribution in [0.4, 0.5) is 0 Å². The molecule has 2 unspecified atom stereocenters. The molecule has 0 saturated carbocycles. The molecule has 19 heavy (non-hydrogen) atoms. The van der Waals surface area contributed by atoms with Crippen LogP contribution in [0.1, 0.15) is 25.5 Å². The zero-order chi connectivity index (χ0) is 13.8. The summed E-state index contributed by atoms with van der Waals surface area (Å²) in [6.45, 7) is 7.93. The Hall–Kier alpha value is -1.80. The lowest BCUT2D eigenvalue weighted by Gasteiger charge is -2.20. The van der Waals surface area contributed by atoms with Crippen molar-refractivity contribution in [1.82, 2.24) is 5.32 Å². The first-order valence-electron chi connectivity index (χ1n) is 6.65. The van der Waals surface area contributed by atoms with Gasteiger partial charge < -0.3 is 10.1 Å². The van der Waals surface area contributed by atoms with Crippen LogP contribution >= 0.6 is 0 Å². The number of ether oxygens (including phenoxy) is 1. The fourth-order valence-electron chi connectivity index (χ4n) is 2.12. The Balaban J connectivity index is 2.60. The first kappa shape index (κ1) is 13.6. The molecule has 0 heterocycles. The fourth-order valence-corrected chi connectivity index (χ4v) is 2.12. The van der Waals surface area contributed by atoms with Crippen LogP contribution in [0.15, 0.2) is 49.1 Å². The largest absolute Gasteiger partial charge is 0.486 e. The second kappa shape index (κ2) is 5.89. The average Bonchev–Trinajstić information content (AvgIpc) is 2.46. The van der Waals surface area contributed by atoms with Crippen molar-refractivity contribution >= 4 is 10.8 Å². The van der Waals surface area contributed by atoms with E-state index in [9.17, 15) is 0 Å². The maximum Gasteiger partial charge on any atom is 0.132 e. The predicted octanol–water partition coefficient (Wildman–Crippen LogP) is 4.07. The zero-order valence-electron chi connectivity index (χ0n) is 11.8. The molecule has 0 radical (unpaired) electrons. The molecule has 1 N–H and O–H groups in total. The van der Waals surface area contributed by atoms with Gasteiger partial charge in [0.25, 0.3) is 0 Å². The van der Waals surface area contributed by atoms with E-state index in [-0.39, 0.29) is 12.1 Å². The topological polar surface area (TPSA) is 21.3 Å². The third-order valence-electron chi connectivity index (χ3n) is 3.45. The number of hydrogen-bond donors (Lipinski definition) is 1. The van der Waals surface area contributed by atoms with Gasteiger partial charge in [-0.2, -0.15) is 0 Å². The van der Waals surface area contributed by atoms with Crippen molar-refractivity contribution in [2.24, 2.45) is 0 Å². The Morgan fingerprint density at radius 2 is 1.89 bits per heavy atom. The third-order valence-corrected chi connectivity index (χ3v) is 3.45. The third kappa shape index (κ3) is 2.79. The highest BCUT2D eigenvalue weighted by molar-refractivity contribution is 5.89. The normalized spacial score (nSPS) is 14.1. The van der Waals surface area contributed by atoms with Crippen LogP contribution in [0.3, 0.4) is 0 Å². The second-order valence-corrected chi connectivity index (χ2v) is 4.77. The summed E-state index contributed by atoms with van der Waals surface area (Å²) in [5, 5.41) is 5.62. The smallest absolute Gasteiger partial charge is 0.132 e. The zero-order valence-corrected chi connectivity index (χ0v) is 11.8. The van der Waals surface area contributed by atoms with E-state index in [1.807, 2.05) is 32.2 Å². The number of nitrogens with one attached hydrogen (secondary N) is 1. The van der Waals surface area contributed by atoms with Gasteiger partial charge in [0, 0.05) is 17.0 Å². The summed E-state index contributed by atoms with van der Waals surface area (Å²) in [6.07, 6.45) is 1.81. The van der Waals surface area contributed by atoms with Crippen LogP contribution in [0.25, 0.3) is 10.8 Å². The quantitative estimate of drug-likeness (QED) is 0.813. The number of benzene rings is 2. The van der Waals surface area contributed by atoms with Crippen LogP contribution in [0.5, 0.6) is 5.75 Å². The lowest BCUT2D eigenvalue weighted by Crippen LogP contribution is -2.16. The molecule has 2 aromatic rings. The Kier molecular flexibility index (Phi) is 4.23. The second-order valence-electron chi connectivity index (χ2n) is 4.77. The van der Waals surface area contributed by atoms with Gasteiger partial charge in [-0.15, -0.1) is 0 Å². The maximum absolute atomic E-state index is 6.07. The van der Waals surface area contributed by atoms with E-state index >= 15 is 0 Å². The predicted molar refractivity (Wildman–Crippen MR) is 81.7 cm³/mol. The molecule has 0 saturated heterocycles. The van der Waals surface area contributed by atoms with E-state index < -0.39 is 0 Å². The van der Waals surface area contributed by atoms with E-state index in [0.717, 1.165) is 11.1 Å². The minimum Gasteiger partial charge on any atom is -0.486 e. The summed E-state index contributed by atoms with van der Waals surface area (Å²) in [5.74, 6) is 0.951. The van der Waals surface area contributed by atoms with Gasteiger partial charge in [-0.1, -0.05) is 49.1 Å². The lowest BCUT2D eigenvalue weighted by atomic mass is 10.0. The van der Waals surface area contributed by atoms with Gasteiger partial charge in [0.1, 0.15) is 11.9 Å². The van der Waals surface area contributed by atoms with Crippen molar-refractivity contribution in [3.05, 3.63) is 54.6 Å². The molecule has 2 rings (SSSR count). The van der Waals surface area contributed by atoms with Gasteiger partial charge in [0.2, 0.25) is 0 Å². The number of rotatable bonds is 5. The molecule has 2 aromatic carbocycles. The average molecular weight is 255 g/mol. The van der Waals surface area contributed by atoms with Gasteiger partial charge in [-0.05, 0) is 26.3 Å². The Morgan fingerprint density at radius 1 is 1.16 bits per heavy atom. The van der Waals surface area contributed by atoms with Crippen molar-refractivity contribution in [2.75, 3.05) is 7.05 Å². The molecule has 0 spiro atoms. The number of hydrogen-bond acceptors (Lipinski definition) is 2. The molecule has 0 aromatic heterocycles. The minimum atomic E-state index is -0.00591. The van der Waals surface area contributed by atoms with E-state index in [2.05, 4.69) is 43.1 Å². The van der Waals surface area contributed by atoms with Crippen LogP contribution < -0.4 is 10.1 Å². The lowest BCUT2D eigenvalue weighted by molar-refractivity contribution is 0.269. The summed E-state index contributed by atoms with van der Waals surface area (Å²) in [5.41, 5.74) is 1.18. The van der Waals surface area contributed by atoms with Crippen LogP contribution in [-0.2, 0) is 0 Å². The molecule has 0 amide bonds. The van der Waals surface area contributed by atoms with Gasteiger partial charge in [0.15, 0.2) is 0 Å². The highest BCUT2D eigenvalue weighted by Crippen LogP contribution is 2.34. The molecule has 0 fully saturated rings. The standard InChI is InChI=1S/C17H21NO/c1-5-12(2)19-17-15(13(3)18-4)11-10-14-8-6-7-9-16(14)17/h5-13,18H,1H2,2-4H3. The first-order chi connectivity index (χ1) is 9.17. The highest BCUT2D eigenvalue weighted by Gasteiger charge is 2.14. The van der Waals surface area contributed by atoms with Gasteiger partial charge in [-0.3, -0.25) is 0 Å². The Morgan fingerprint density at radius 3 is 2.58 bits per heavy atom. The molecule has 2 heteroatoms. The van der Waals surface area contributed by atoms with Gasteiger partial charge >= 0.3 is 0 Å². The van der Waals surface area contributed by atoms with Crippen LogP contribution in [0.2, 0.25) is 0 Å². The van der Waals surface area contributed by atoms with Gasteiger partial charge in [0.05, 0.1) is 0 Å². The molecule has 100 valence electrons. The fraction of sp³-hybridized carbons (Fsp3) is 0.294. The van der Waals surface area contributed by atoms with Crippen molar-refractivity contribution in [2.45, 2.75) is 26.0 Å². The van der Waals surface area contributed by atoms with Crippen molar-refractivity contribution in [3.63, 3.8) is 0 Å². The SMILES string of the molecule is C=CC(C)Oc1c(C(C)NC)ccc2ccccc12. The molecule has 0 aliphatic heterocycles.